The molecule has 0 amide bonds. The zero-order chi connectivity index (χ0) is 15.9. The molecule has 0 aliphatic heterocycles. The van der Waals surface area contributed by atoms with E-state index in [1.165, 1.54) is 48.8 Å². The van der Waals surface area contributed by atoms with Gasteiger partial charge in [-0.15, -0.1) is 0 Å². The van der Waals surface area contributed by atoms with Crippen LogP contribution < -0.4 is 0 Å². The first-order valence-electron chi connectivity index (χ1n) is 6.60. The first-order chi connectivity index (χ1) is 10.6. The van der Waals surface area contributed by atoms with E-state index in [1.807, 2.05) is 0 Å². The third kappa shape index (κ3) is 5.65. The van der Waals surface area contributed by atoms with Gasteiger partial charge in [0.25, 0.3) is 0 Å². The van der Waals surface area contributed by atoms with Crippen LogP contribution in [0.4, 0.5) is 0 Å². The zero-order valence-corrected chi connectivity index (χ0v) is 13.0. The Morgan fingerprint density at radius 1 is 0.696 bits per heavy atom. The van der Waals surface area contributed by atoms with Crippen LogP contribution in [0.15, 0.2) is 46.4 Å². The van der Waals surface area contributed by atoms with Gasteiger partial charge >= 0.3 is 0 Å². The maximum atomic E-state index is 9.56. The fourth-order valence-corrected chi connectivity index (χ4v) is 1.73. The predicted molar refractivity (Wildman–Crippen MR) is 84.5 cm³/mol. The summed E-state index contributed by atoms with van der Waals surface area (Å²) >= 11 is 0. The maximum Gasteiger partial charge on any atom is 0.124 e. The molecule has 0 atom stereocenters. The minimum Gasteiger partial charge on any atom is -0.508 e. The molecular formula is C16H16CuN2O4. The second kappa shape index (κ2) is 8.82. The molecule has 2 aromatic carbocycles. The van der Waals surface area contributed by atoms with Crippen molar-refractivity contribution in [3.63, 3.8) is 0 Å². The van der Waals surface area contributed by atoms with Crippen molar-refractivity contribution in [3.05, 3.63) is 47.5 Å². The predicted octanol–water partition coefficient (Wildman–Crippen LogP) is 2.04. The van der Waals surface area contributed by atoms with Gasteiger partial charge in [-0.3, -0.25) is 9.98 Å². The fourth-order valence-electron chi connectivity index (χ4n) is 1.73. The van der Waals surface area contributed by atoms with Crippen molar-refractivity contribution >= 4 is 12.4 Å². The van der Waals surface area contributed by atoms with E-state index in [2.05, 4.69) is 9.98 Å². The number of nitrogens with zero attached hydrogens (tertiary/aromatic N) is 2. The molecule has 23 heavy (non-hydrogen) atoms. The summed E-state index contributed by atoms with van der Waals surface area (Å²) in [5, 5.41) is 37.7. The van der Waals surface area contributed by atoms with Crippen molar-refractivity contribution in [2.75, 3.05) is 13.1 Å². The molecule has 0 heterocycles. The molecule has 4 N–H and O–H groups in total. The molecule has 125 valence electrons. The van der Waals surface area contributed by atoms with Crippen molar-refractivity contribution in [2.24, 2.45) is 9.98 Å². The van der Waals surface area contributed by atoms with Crippen LogP contribution in [-0.4, -0.2) is 45.9 Å². The van der Waals surface area contributed by atoms with Gasteiger partial charge in [0.1, 0.15) is 23.0 Å². The molecule has 0 bridgehead atoms. The summed E-state index contributed by atoms with van der Waals surface area (Å²) in [4.78, 5) is 8.19. The van der Waals surface area contributed by atoms with Crippen molar-refractivity contribution in [3.8, 4) is 23.0 Å². The molecular weight excluding hydrogens is 348 g/mol. The standard InChI is InChI=1S/C16H16N2O4.Cu/c19-13-1-3-15(21)11(7-13)9-17-5-6-18-10-12-8-14(20)2-4-16(12)22;/h1-4,7-10,19-22H,5-6H2;. The third-order valence-corrected chi connectivity index (χ3v) is 2.84. The first-order valence-corrected chi connectivity index (χ1v) is 6.60. The van der Waals surface area contributed by atoms with Crippen LogP contribution in [0.3, 0.4) is 0 Å². The molecule has 0 aromatic heterocycles. The largest absolute Gasteiger partial charge is 0.508 e. The molecule has 1 radical (unpaired) electrons. The van der Waals surface area contributed by atoms with Crippen LogP contribution in [0.1, 0.15) is 11.1 Å². The molecule has 2 aromatic rings. The molecule has 2 rings (SSSR count). The summed E-state index contributed by atoms with van der Waals surface area (Å²) < 4.78 is 0. The van der Waals surface area contributed by atoms with E-state index < -0.39 is 0 Å². The first kappa shape index (κ1) is 18.5. The van der Waals surface area contributed by atoms with Gasteiger partial charge in [0.15, 0.2) is 0 Å². The minimum atomic E-state index is 0. The van der Waals surface area contributed by atoms with E-state index in [4.69, 9.17) is 0 Å². The summed E-state index contributed by atoms with van der Waals surface area (Å²) in [6.07, 6.45) is 2.91. The second-order valence-electron chi connectivity index (χ2n) is 4.56. The average Bonchev–Trinajstić information content (AvgIpc) is 2.49. The van der Waals surface area contributed by atoms with Gasteiger partial charge in [0.05, 0.1) is 13.1 Å². The molecule has 7 heteroatoms. The van der Waals surface area contributed by atoms with Gasteiger partial charge in [-0.05, 0) is 36.4 Å². The van der Waals surface area contributed by atoms with Crippen LogP contribution in [-0.2, 0) is 17.1 Å². The van der Waals surface area contributed by atoms with E-state index in [0.29, 0.717) is 24.2 Å². The van der Waals surface area contributed by atoms with Gasteiger partial charge in [-0.25, -0.2) is 0 Å². The van der Waals surface area contributed by atoms with E-state index >= 15 is 0 Å². The topological polar surface area (TPSA) is 106 Å². The number of phenolic OH excluding ortho intramolecular Hbond substituents is 4. The minimum absolute atomic E-state index is 0. The van der Waals surface area contributed by atoms with E-state index in [-0.39, 0.29) is 40.1 Å². The Hall–Kier alpha value is -2.50. The van der Waals surface area contributed by atoms with Crippen molar-refractivity contribution in [1.29, 1.82) is 0 Å². The van der Waals surface area contributed by atoms with Gasteiger partial charge in [-0.1, -0.05) is 0 Å². The Kier molecular flexibility index (Phi) is 7.12. The second-order valence-corrected chi connectivity index (χ2v) is 4.56. The van der Waals surface area contributed by atoms with Crippen molar-refractivity contribution in [2.45, 2.75) is 0 Å². The Labute approximate surface area is 144 Å². The average molecular weight is 364 g/mol. The molecule has 0 aliphatic rings. The molecule has 0 spiro atoms. The van der Waals surface area contributed by atoms with Gasteiger partial charge in [-0.2, -0.15) is 0 Å². The van der Waals surface area contributed by atoms with Crippen LogP contribution in [0.5, 0.6) is 23.0 Å². The Morgan fingerprint density at radius 2 is 1.09 bits per heavy atom. The summed E-state index contributed by atoms with van der Waals surface area (Å²) in [5.74, 6) is 0.178. The van der Waals surface area contributed by atoms with Crippen molar-refractivity contribution < 1.29 is 37.5 Å². The Bertz CT molecular complexity index is 656. The summed E-state index contributed by atoms with van der Waals surface area (Å²) in [6.45, 7) is 0.760. The number of benzene rings is 2. The van der Waals surface area contributed by atoms with E-state index in [0.717, 1.165) is 0 Å². The monoisotopic (exact) mass is 363 g/mol. The van der Waals surface area contributed by atoms with Crippen LogP contribution in [0.2, 0.25) is 0 Å². The number of hydrogen-bond acceptors (Lipinski definition) is 6. The van der Waals surface area contributed by atoms with Crippen LogP contribution in [0, 0.1) is 0 Å². The molecule has 6 nitrogen and oxygen atoms in total. The number of hydrogen-bond donors (Lipinski definition) is 4. The summed E-state index contributed by atoms with van der Waals surface area (Å²) in [5.41, 5.74) is 0.851. The third-order valence-electron chi connectivity index (χ3n) is 2.84. The fraction of sp³-hybridized carbons (Fsp3) is 0.125. The van der Waals surface area contributed by atoms with E-state index in [1.54, 1.807) is 0 Å². The zero-order valence-electron chi connectivity index (χ0n) is 12.0. The van der Waals surface area contributed by atoms with E-state index in [9.17, 15) is 20.4 Å². The normalized spacial score (nSPS) is 11.0. The molecule has 0 fully saturated rings. The number of aliphatic imine (C=N–C) groups is 2. The van der Waals surface area contributed by atoms with Gasteiger partial charge < -0.3 is 20.4 Å². The van der Waals surface area contributed by atoms with Gasteiger partial charge in [0.2, 0.25) is 0 Å². The van der Waals surface area contributed by atoms with Gasteiger partial charge in [0, 0.05) is 40.6 Å². The molecule has 0 unspecified atom stereocenters. The van der Waals surface area contributed by atoms with Crippen molar-refractivity contribution in [1.82, 2.24) is 0 Å². The number of rotatable bonds is 5. The maximum absolute atomic E-state index is 9.56. The summed E-state index contributed by atoms with van der Waals surface area (Å²) in [6, 6.07) is 8.37. The number of phenols is 4. The molecule has 0 saturated heterocycles. The summed E-state index contributed by atoms with van der Waals surface area (Å²) in [7, 11) is 0. The molecule has 0 saturated carbocycles. The SMILES string of the molecule is Oc1ccc(O)c(C=NCCN=Cc2cc(O)ccc2O)c1.[Cu]. The number of aromatic hydroxyl groups is 4. The van der Waals surface area contributed by atoms with Crippen LogP contribution in [0.25, 0.3) is 0 Å². The molecule has 0 aliphatic carbocycles. The Morgan fingerprint density at radius 3 is 1.48 bits per heavy atom. The van der Waals surface area contributed by atoms with Crippen LogP contribution >= 0.6 is 0 Å². The Balaban J connectivity index is 0.00000264. The smallest absolute Gasteiger partial charge is 0.124 e. The quantitative estimate of drug-likeness (QED) is 0.282.